The molecule has 11 heavy (non-hydrogen) atoms. The smallest absolute Gasteiger partial charge is 0.259 e. The van der Waals surface area contributed by atoms with Gasteiger partial charge in [-0.15, -0.1) is 11.1 Å². The molecule has 0 saturated carbocycles. The topological polar surface area (TPSA) is 9.23 Å². The van der Waals surface area contributed by atoms with E-state index in [-0.39, 0.29) is 6.10 Å². The van der Waals surface area contributed by atoms with Crippen molar-refractivity contribution in [1.82, 2.24) is 0 Å². The van der Waals surface area contributed by atoms with Crippen LogP contribution in [0, 0.1) is 0 Å². The highest BCUT2D eigenvalue weighted by atomic mass is 35.6. The maximum absolute atomic E-state index is 5.56. The third-order valence-electron chi connectivity index (χ3n) is 1.58. The number of halogens is 1. The molecule has 1 aromatic carbocycles. The summed E-state index contributed by atoms with van der Waals surface area (Å²) in [5, 5.41) is 0. The predicted octanol–water partition coefficient (Wildman–Crippen LogP) is 2.00. The lowest BCUT2D eigenvalue weighted by Gasteiger charge is -2.10. The minimum Gasteiger partial charge on any atom is -0.401 e. The average Bonchev–Trinajstić information content (AvgIpc) is 2.07. The first-order chi connectivity index (χ1) is 5.34. The predicted molar refractivity (Wildman–Crippen MR) is 50.3 cm³/mol. The van der Waals surface area contributed by atoms with Gasteiger partial charge in [-0.25, -0.2) is 0 Å². The fraction of sp³-hybridized carbons (Fsp3) is 0.250. The van der Waals surface area contributed by atoms with E-state index in [1.54, 1.807) is 0 Å². The van der Waals surface area contributed by atoms with Crippen LogP contribution in [0.2, 0.25) is 0 Å². The van der Waals surface area contributed by atoms with Gasteiger partial charge < -0.3 is 4.43 Å². The van der Waals surface area contributed by atoms with Crippen LogP contribution in [-0.4, -0.2) is 9.07 Å². The highest BCUT2D eigenvalue weighted by Gasteiger charge is 2.01. The van der Waals surface area contributed by atoms with Gasteiger partial charge in [-0.05, 0) is 12.5 Å². The van der Waals surface area contributed by atoms with Gasteiger partial charge in [0, 0.05) is 0 Å². The van der Waals surface area contributed by atoms with Crippen molar-refractivity contribution < 1.29 is 4.43 Å². The lowest BCUT2D eigenvalue weighted by atomic mass is 10.1. The first-order valence-electron chi connectivity index (χ1n) is 3.57. The summed E-state index contributed by atoms with van der Waals surface area (Å²) in [5.74, 6) is 0. The van der Waals surface area contributed by atoms with Crippen molar-refractivity contribution >= 4 is 20.2 Å². The van der Waals surface area contributed by atoms with Gasteiger partial charge in [-0.1, -0.05) is 30.3 Å². The van der Waals surface area contributed by atoms with Crippen LogP contribution in [0.15, 0.2) is 30.3 Å². The molecular weight excluding hydrogens is 176 g/mol. The Morgan fingerprint density at radius 2 is 2.00 bits per heavy atom. The van der Waals surface area contributed by atoms with E-state index in [9.17, 15) is 0 Å². The molecule has 0 aliphatic carbocycles. The molecule has 1 nitrogen and oxygen atoms in total. The molecule has 0 heterocycles. The maximum atomic E-state index is 5.56. The van der Waals surface area contributed by atoms with Crippen molar-refractivity contribution in [3.8, 4) is 0 Å². The summed E-state index contributed by atoms with van der Waals surface area (Å²) in [6.07, 6.45) is 0.153. The van der Waals surface area contributed by atoms with E-state index in [1.807, 2.05) is 37.3 Å². The summed E-state index contributed by atoms with van der Waals surface area (Å²) in [7, 11) is -0.805. The van der Waals surface area contributed by atoms with Gasteiger partial charge in [-0.2, -0.15) is 0 Å². The minimum absolute atomic E-state index is 0.153. The van der Waals surface area contributed by atoms with Crippen LogP contribution in [0.1, 0.15) is 18.6 Å². The van der Waals surface area contributed by atoms with Gasteiger partial charge in [0.15, 0.2) is 0 Å². The summed E-state index contributed by atoms with van der Waals surface area (Å²) in [6, 6.07) is 10.1. The first-order valence-corrected chi connectivity index (χ1v) is 6.28. The fourth-order valence-corrected chi connectivity index (χ4v) is 1.86. The Hall–Kier alpha value is -0.313. The maximum Gasteiger partial charge on any atom is 0.259 e. The summed E-state index contributed by atoms with van der Waals surface area (Å²) in [5.41, 5.74) is 1.20. The molecule has 0 bridgehead atoms. The van der Waals surface area contributed by atoms with Crippen LogP contribution in [0.4, 0.5) is 0 Å². The number of benzene rings is 1. The van der Waals surface area contributed by atoms with E-state index in [1.165, 1.54) is 5.56 Å². The minimum atomic E-state index is -0.805. The van der Waals surface area contributed by atoms with Gasteiger partial charge >= 0.3 is 0 Å². The first kappa shape index (κ1) is 8.78. The van der Waals surface area contributed by atoms with E-state index >= 15 is 0 Å². The van der Waals surface area contributed by atoms with E-state index < -0.39 is 9.07 Å². The lowest BCUT2D eigenvalue weighted by molar-refractivity contribution is 0.247. The molecule has 0 fully saturated rings. The van der Waals surface area contributed by atoms with Crippen LogP contribution < -0.4 is 0 Å². The molecule has 1 atom stereocenters. The molecule has 0 amide bonds. The van der Waals surface area contributed by atoms with Crippen LogP contribution >= 0.6 is 11.1 Å². The molecule has 3 heteroatoms. The normalized spacial score (nSPS) is 14.0. The Labute approximate surface area is 74.0 Å². The number of hydrogen-bond donors (Lipinski definition) is 0. The molecule has 0 N–H and O–H groups in total. The number of hydrogen-bond acceptors (Lipinski definition) is 1. The molecule has 1 unspecified atom stereocenters. The van der Waals surface area contributed by atoms with Crippen LogP contribution in [0.25, 0.3) is 0 Å². The second-order valence-corrected chi connectivity index (χ2v) is 3.53. The van der Waals surface area contributed by atoms with Gasteiger partial charge in [0.2, 0.25) is 0 Å². The highest BCUT2D eigenvalue weighted by molar-refractivity contribution is 6.89. The third-order valence-corrected chi connectivity index (χ3v) is 2.59. The molecule has 0 aromatic heterocycles. The fourth-order valence-electron chi connectivity index (χ4n) is 0.915. The highest BCUT2D eigenvalue weighted by Crippen LogP contribution is 2.14. The summed E-state index contributed by atoms with van der Waals surface area (Å²) < 4.78 is 5.33. The zero-order valence-corrected chi connectivity index (χ0v) is 8.63. The average molecular weight is 187 g/mol. The Morgan fingerprint density at radius 1 is 1.36 bits per heavy atom. The largest absolute Gasteiger partial charge is 0.401 e. The lowest BCUT2D eigenvalue weighted by Crippen LogP contribution is -1.99. The molecule has 0 saturated heterocycles. The van der Waals surface area contributed by atoms with E-state index in [0.717, 1.165) is 0 Å². The van der Waals surface area contributed by atoms with E-state index in [0.29, 0.717) is 0 Å². The monoisotopic (exact) mass is 186 g/mol. The van der Waals surface area contributed by atoms with Crippen molar-refractivity contribution in [1.29, 1.82) is 0 Å². The van der Waals surface area contributed by atoms with Gasteiger partial charge in [0.1, 0.15) is 0 Å². The SMILES string of the molecule is CC(O[SiH2]Cl)c1ccccc1. The standard InChI is InChI=1S/C8H11ClOSi/c1-7(10-11-9)8-5-3-2-4-6-8/h2-7H,11H2,1H3. The summed E-state index contributed by atoms with van der Waals surface area (Å²) in [6.45, 7) is 2.02. The Bertz CT molecular complexity index is 203. The van der Waals surface area contributed by atoms with Gasteiger partial charge in [0.25, 0.3) is 9.07 Å². The van der Waals surface area contributed by atoms with Crippen LogP contribution in [0.5, 0.6) is 0 Å². The van der Waals surface area contributed by atoms with E-state index in [4.69, 9.17) is 15.5 Å². The zero-order chi connectivity index (χ0) is 8.10. The second kappa shape index (κ2) is 4.54. The molecule has 0 aliphatic heterocycles. The van der Waals surface area contributed by atoms with E-state index in [2.05, 4.69) is 0 Å². The van der Waals surface area contributed by atoms with Crippen molar-refractivity contribution in [2.45, 2.75) is 13.0 Å². The molecule has 1 aromatic rings. The van der Waals surface area contributed by atoms with Crippen LogP contribution in [-0.2, 0) is 4.43 Å². The van der Waals surface area contributed by atoms with Gasteiger partial charge in [0.05, 0.1) is 6.10 Å². The second-order valence-electron chi connectivity index (χ2n) is 2.33. The molecule has 1 rings (SSSR count). The van der Waals surface area contributed by atoms with Crippen LogP contribution in [0.3, 0.4) is 0 Å². The Balaban J connectivity index is 2.61. The number of rotatable bonds is 3. The quantitative estimate of drug-likeness (QED) is 0.519. The Kier molecular flexibility index (Phi) is 3.63. The molecular formula is C8H11ClOSi. The summed E-state index contributed by atoms with van der Waals surface area (Å²) >= 11 is 5.56. The van der Waals surface area contributed by atoms with Gasteiger partial charge in [-0.3, -0.25) is 0 Å². The molecule has 60 valence electrons. The molecule has 0 spiro atoms. The zero-order valence-electron chi connectivity index (χ0n) is 6.46. The molecule has 0 aliphatic rings. The van der Waals surface area contributed by atoms with Crippen molar-refractivity contribution in [2.75, 3.05) is 0 Å². The molecule has 0 radical (unpaired) electrons. The van der Waals surface area contributed by atoms with Crippen molar-refractivity contribution in [3.63, 3.8) is 0 Å². The van der Waals surface area contributed by atoms with Crippen molar-refractivity contribution in [2.24, 2.45) is 0 Å². The third kappa shape index (κ3) is 2.65. The summed E-state index contributed by atoms with van der Waals surface area (Å²) in [4.78, 5) is 0. The van der Waals surface area contributed by atoms with Crippen molar-refractivity contribution in [3.05, 3.63) is 35.9 Å². The Morgan fingerprint density at radius 3 is 2.55 bits per heavy atom.